The molecule has 4 heteroatoms. The minimum atomic E-state index is -1.11. The van der Waals surface area contributed by atoms with Gasteiger partial charge < -0.3 is 9.84 Å². The van der Waals surface area contributed by atoms with E-state index in [-0.39, 0.29) is 5.82 Å². The number of ether oxygens (including phenoxy) is 1. The lowest BCUT2D eigenvalue weighted by atomic mass is 9.89. The zero-order valence-electron chi connectivity index (χ0n) is 10.6. The van der Waals surface area contributed by atoms with Gasteiger partial charge in [0.05, 0.1) is 13.3 Å². The van der Waals surface area contributed by atoms with Crippen molar-refractivity contribution in [1.29, 1.82) is 0 Å². The number of aryl methyl sites for hydroxylation is 1. The molecule has 1 aromatic carbocycles. The fourth-order valence-electron chi connectivity index (χ4n) is 2.68. The lowest BCUT2D eigenvalue weighted by Gasteiger charge is -2.24. The van der Waals surface area contributed by atoms with Crippen molar-refractivity contribution >= 4 is 0 Å². The first kappa shape index (κ1) is 12.1. The predicted octanol–water partition coefficient (Wildman–Crippen LogP) is 2.41. The van der Waals surface area contributed by atoms with Gasteiger partial charge in [0.15, 0.2) is 0 Å². The summed E-state index contributed by atoms with van der Waals surface area (Å²) in [5, 5.41) is 10.9. The van der Waals surface area contributed by atoms with Gasteiger partial charge in [-0.15, -0.1) is 0 Å². The molecule has 2 aromatic rings. The maximum atomic E-state index is 13.2. The van der Waals surface area contributed by atoms with Crippen molar-refractivity contribution in [3.05, 3.63) is 59.2 Å². The van der Waals surface area contributed by atoms with Gasteiger partial charge in [-0.3, -0.25) is 4.98 Å². The predicted molar refractivity (Wildman–Crippen MR) is 68.5 cm³/mol. The van der Waals surface area contributed by atoms with Crippen LogP contribution in [0, 0.1) is 5.82 Å². The Morgan fingerprint density at radius 3 is 2.95 bits per heavy atom. The molecule has 1 aromatic heterocycles. The normalized spacial score (nSPS) is 21.2. The summed E-state index contributed by atoms with van der Waals surface area (Å²) in [6.45, 7) is 0. The first-order chi connectivity index (χ1) is 9.13. The third-order valence-electron chi connectivity index (χ3n) is 3.70. The third kappa shape index (κ3) is 1.88. The molecule has 0 fully saturated rings. The molecule has 0 aliphatic heterocycles. The molecule has 1 aliphatic carbocycles. The van der Waals surface area contributed by atoms with Gasteiger partial charge in [0, 0.05) is 11.8 Å². The summed E-state index contributed by atoms with van der Waals surface area (Å²) < 4.78 is 18.4. The van der Waals surface area contributed by atoms with Crippen molar-refractivity contribution in [1.82, 2.24) is 4.98 Å². The number of nitrogens with zero attached hydrogens (tertiary/aromatic N) is 1. The summed E-state index contributed by atoms with van der Waals surface area (Å²) in [7, 11) is 1.56. The lowest BCUT2D eigenvalue weighted by Crippen LogP contribution is -2.24. The monoisotopic (exact) mass is 259 g/mol. The molecule has 1 N–H and O–H groups in total. The molecule has 0 saturated carbocycles. The fourth-order valence-corrected chi connectivity index (χ4v) is 2.68. The molecule has 0 spiro atoms. The number of aliphatic hydroxyl groups is 1. The van der Waals surface area contributed by atoms with E-state index in [9.17, 15) is 9.50 Å². The van der Waals surface area contributed by atoms with Crippen LogP contribution in [0.3, 0.4) is 0 Å². The number of halogens is 1. The summed E-state index contributed by atoms with van der Waals surface area (Å²) >= 11 is 0. The number of methoxy groups -OCH3 is 1. The van der Waals surface area contributed by atoms with Gasteiger partial charge >= 0.3 is 0 Å². The first-order valence-corrected chi connectivity index (χ1v) is 6.14. The van der Waals surface area contributed by atoms with E-state index in [0.717, 1.165) is 11.1 Å². The lowest BCUT2D eigenvalue weighted by molar-refractivity contribution is 0.0822. The summed E-state index contributed by atoms with van der Waals surface area (Å²) in [6, 6.07) is 6.28. The molecule has 3 rings (SSSR count). The summed E-state index contributed by atoms with van der Waals surface area (Å²) in [4.78, 5) is 4.08. The smallest absolute Gasteiger partial charge is 0.137 e. The van der Waals surface area contributed by atoms with Crippen LogP contribution in [0.4, 0.5) is 4.39 Å². The Kier molecular flexibility index (Phi) is 2.75. The highest BCUT2D eigenvalue weighted by Gasteiger charge is 2.38. The molecular weight excluding hydrogens is 245 g/mol. The number of pyridine rings is 1. The van der Waals surface area contributed by atoms with E-state index in [4.69, 9.17) is 4.74 Å². The Balaban J connectivity index is 2.10. The maximum Gasteiger partial charge on any atom is 0.137 e. The van der Waals surface area contributed by atoms with Crippen molar-refractivity contribution in [2.45, 2.75) is 18.4 Å². The second-order valence-corrected chi connectivity index (χ2v) is 4.78. The average Bonchev–Trinajstić information content (AvgIpc) is 2.77. The number of rotatable bonds is 2. The van der Waals surface area contributed by atoms with Crippen LogP contribution in [0.1, 0.15) is 23.1 Å². The molecule has 3 nitrogen and oxygen atoms in total. The second kappa shape index (κ2) is 4.31. The highest BCUT2D eigenvalue weighted by Crippen LogP contribution is 2.42. The van der Waals surface area contributed by atoms with Gasteiger partial charge in [-0.05, 0) is 42.2 Å². The van der Waals surface area contributed by atoms with E-state index in [1.165, 1.54) is 12.1 Å². The average molecular weight is 259 g/mol. The van der Waals surface area contributed by atoms with Crippen LogP contribution < -0.4 is 4.74 Å². The molecule has 1 heterocycles. The topological polar surface area (TPSA) is 42.4 Å². The van der Waals surface area contributed by atoms with Gasteiger partial charge in [0.2, 0.25) is 0 Å². The Bertz CT molecular complexity index is 629. The van der Waals surface area contributed by atoms with Gasteiger partial charge in [-0.25, -0.2) is 4.39 Å². The number of aromatic nitrogens is 1. The SMILES string of the molecule is COc1cncc(C2(O)CCc3cc(F)ccc32)c1. The highest BCUT2D eigenvalue weighted by molar-refractivity contribution is 5.45. The molecule has 0 bridgehead atoms. The van der Waals surface area contributed by atoms with E-state index in [1.54, 1.807) is 31.6 Å². The molecule has 0 saturated heterocycles. The van der Waals surface area contributed by atoms with E-state index in [2.05, 4.69) is 4.98 Å². The van der Waals surface area contributed by atoms with Crippen LogP contribution in [0.25, 0.3) is 0 Å². The molecule has 0 amide bonds. The van der Waals surface area contributed by atoms with Crippen molar-refractivity contribution in [3.8, 4) is 5.75 Å². The zero-order valence-corrected chi connectivity index (χ0v) is 10.6. The van der Waals surface area contributed by atoms with Crippen molar-refractivity contribution in [2.24, 2.45) is 0 Å². The van der Waals surface area contributed by atoms with Crippen molar-refractivity contribution < 1.29 is 14.2 Å². The Labute approximate surface area is 110 Å². The maximum absolute atomic E-state index is 13.2. The highest BCUT2D eigenvalue weighted by atomic mass is 19.1. The Morgan fingerprint density at radius 2 is 2.16 bits per heavy atom. The molecule has 1 atom stereocenters. The van der Waals surface area contributed by atoms with E-state index in [1.807, 2.05) is 0 Å². The van der Waals surface area contributed by atoms with Gasteiger partial charge in [0.1, 0.15) is 17.2 Å². The number of hydrogen-bond acceptors (Lipinski definition) is 3. The van der Waals surface area contributed by atoms with Gasteiger partial charge in [-0.1, -0.05) is 6.07 Å². The van der Waals surface area contributed by atoms with Crippen LogP contribution in [-0.4, -0.2) is 17.2 Å². The van der Waals surface area contributed by atoms with E-state index in [0.29, 0.717) is 24.2 Å². The third-order valence-corrected chi connectivity index (χ3v) is 3.70. The fraction of sp³-hybridized carbons (Fsp3) is 0.267. The van der Waals surface area contributed by atoms with Gasteiger partial charge in [-0.2, -0.15) is 0 Å². The Hall–Kier alpha value is -1.94. The molecule has 1 unspecified atom stereocenters. The van der Waals surface area contributed by atoms with E-state index >= 15 is 0 Å². The van der Waals surface area contributed by atoms with Crippen LogP contribution >= 0.6 is 0 Å². The second-order valence-electron chi connectivity index (χ2n) is 4.78. The van der Waals surface area contributed by atoms with Crippen LogP contribution in [-0.2, 0) is 12.0 Å². The summed E-state index contributed by atoms with van der Waals surface area (Å²) in [5.41, 5.74) is 1.18. The summed E-state index contributed by atoms with van der Waals surface area (Å²) in [6.07, 6.45) is 4.40. The van der Waals surface area contributed by atoms with Crippen molar-refractivity contribution in [3.63, 3.8) is 0 Å². The standard InChI is InChI=1S/C15H14FNO2/c1-19-13-7-11(8-17-9-13)15(18)5-4-10-6-12(16)2-3-14(10)15/h2-3,6-9,18H,4-5H2,1H3. The molecule has 0 radical (unpaired) electrons. The zero-order chi connectivity index (χ0) is 13.5. The quantitative estimate of drug-likeness (QED) is 0.900. The minimum absolute atomic E-state index is 0.272. The Morgan fingerprint density at radius 1 is 1.32 bits per heavy atom. The summed E-state index contributed by atoms with van der Waals surface area (Å²) in [5.74, 6) is 0.327. The first-order valence-electron chi connectivity index (χ1n) is 6.14. The number of benzene rings is 1. The number of fused-ring (bicyclic) bond motifs is 1. The van der Waals surface area contributed by atoms with Crippen LogP contribution in [0.2, 0.25) is 0 Å². The van der Waals surface area contributed by atoms with Crippen LogP contribution in [0.5, 0.6) is 5.75 Å². The van der Waals surface area contributed by atoms with Crippen LogP contribution in [0.15, 0.2) is 36.7 Å². The van der Waals surface area contributed by atoms with E-state index < -0.39 is 5.60 Å². The van der Waals surface area contributed by atoms with Gasteiger partial charge in [0.25, 0.3) is 0 Å². The minimum Gasteiger partial charge on any atom is -0.495 e. The molecule has 19 heavy (non-hydrogen) atoms. The van der Waals surface area contributed by atoms with Crippen molar-refractivity contribution in [2.75, 3.05) is 7.11 Å². The molecular formula is C15H14FNO2. The molecule has 98 valence electrons. The molecule has 1 aliphatic rings. The largest absolute Gasteiger partial charge is 0.495 e. The number of hydrogen-bond donors (Lipinski definition) is 1.